The van der Waals surface area contributed by atoms with Gasteiger partial charge in [-0.1, -0.05) is 32.4 Å². The van der Waals surface area contributed by atoms with E-state index in [-0.39, 0.29) is 17.3 Å². The highest BCUT2D eigenvalue weighted by Crippen LogP contribution is 2.37. The van der Waals surface area contributed by atoms with Crippen LogP contribution in [0.15, 0.2) is 18.2 Å². The van der Waals surface area contributed by atoms with Crippen molar-refractivity contribution in [2.45, 2.75) is 33.2 Å². The fraction of sp³-hybridized carbons (Fsp3) is 0.500. The molecule has 0 aliphatic heterocycles. The lowest BCUT2D eigenvalue weighted by atomic mass is 9.79. The molecule has 2 N–H and O–H groups in total. The molecule has 3 heteroatoms. The average molecular weight is 230 g/mol. The third-order valence-corrected chi connectivity index (χ3v) is 3.39. The third-order valence-electron chi connectivity index (χ3n) is 3.05. The van der Waals surface area contributed by atoms with E-state index in [4.69, 9.17) is 17.3 Å². The lowest BCUT2D eigenvalue weighted by molar-refractivity contribution is 0.278. The molecule has 0 spiro atoms. The highest BCUT2D eigenvalue weighted by atomic mass is 35.5. The molecule has 1 rings (SSSR count). The minimum absolute atomic E-state index is 0.0859. The van der Waals surface area contributed by atoms with E-state index >= 15 is 0 Å². The average Bonchev–Trinajstić information content (AvgIpc) is 2.20. The van der Waals surface area contributed by atoms with Crippen molar-refractivity contribution < 1.29 is 4.39 Å². The van der Waals surface area contributed by atoms with E-state index in [1.54, 1.807) is 6.07 Å². The number of hydrogen-bond acceptors (Lipinski definition) is 1. The Morgan fingerprint density at radius 3 is 2.60 bits per heavy atom. The SMILES string of the molecule is CCC(C)(C)C(N)c1cc(F)ccc1Cl. The van der Waals surface area contributed by atoms with Crippen molar-refractivity contribution in [1.29, 1.82) is 0 Å². The van der Waals surface area contributed by atoms with E-state index in [0.717, 1.165) is 6.42 Å². The van der Waals surface area contributed by atoms with Crippen molar-refractivity contribution in [2.24, 2.45) is 11.1 Å². The van der Waals surface area contributed by atoms with Crippen LogP contribution >= 0.6 is 11.6 Å². The minimum atomic E-state index is -0.295. The molecule has 0 aliphatic carbocycles. The Hall–Kier alpha value is -0.600. The lowest BCUT2D eigenvalue weighted by Gasteiger charge is -2.31. The van der Waals surface area contributed by atoms with E-state index in [9.17, 15) is 4.39 Å². The van der Waals surface area contributed by atoms with Gasteiger partial charge in [0.05, 0.1) is 0 Å². The quantitative estimate of drug-likeness (QED) is 0.836. The Kier molecular flexibility index (Phi) is 3.74. The van der Waals surface area contributed by atoms with Gasteiger partial charge in [-0.2, -0.15) is 0 Å². The molecule has 1 aromatic carbocycles. The van der Waals surface area contributed by atoms with Gasteiger partial charge >= 0.3 is 0 Å². The lowest BCUT2D eigenvalue weighted by Crippen LogP contribution is -2.28. The highest BCUT2D eigenvalue weighted by molar-refractivity contribution is 6.31. The zero-order valence-electron chi connectivity index (χ0n) is 9.35. The summed E-state index contributed by atoms with van der Waals surface area (Å²) in [6, 6.07) is 4.07. The van der Waals surface area contributed by atoms with Gasteiger partial charge in [-0.15, -0.1) is 0 Å². The first-order valence-electron chi connectivity index (χ1n) is 5.09. The largest absolute Gasteiger partial charge is 0.323 e. The van der Waals surface area contributed by atoms with Crippen LogP contribution in [0.4, 0.5) is 4.39 Å². The van der Waals surface area contributed by atoms with Gasteiger partial charge in [0.25, 0.3) is 0 Å². The number of benzene rings is 1. The molecule has 0 saturated heterocycles. The van der Waals surface area contributed by atoms with Crippen LogP contribution in [-0.4, -0.2) is 0 Å². The summed E-state index contributed by atoms with van der Waals surface area (Å²) in [5.41, 5.74) is 6.70. The van der Waals surface area contributed by atoms with Crippen molar-refractivity contribution >= 4 is 11.6 Å². The molecule has 15 heavy (non-hydrogen) atoms. The van der Waals surface area contributed by atoms with E-state index < -0.39 is 0 Å². The smallest absolute Gasteiger partial charge is 0.123 e. The zero-order valence-corrected chi connectivity index (χ0v) is 10.1. The summed E-state index contributed by atoms with van der Waals surface area (Å²) in [4.78, 5) is 0. The van der Waals surface area contributed by atoms with Crippen LogP contribution in [0.3, 0.4) is 0 Å². The van der Waals surface area contributed by atoms with Gasteiger partial charge in [-0.25, -0.2) is 4.39 Å². The molecule has 1 nitrogen and oxygen atoms in total. The van der Waals surface area contributed by atoms with E-state index in [2.05, 4.69) is 20.8 Å². The Bertz CT molecular complexity index is 349. The molecule has 1 atom stereocenters. The summed E-state index contributed by atoms with van der Waals surface area (Å²) in [6.07, 6.45) is 0.918. The van der Waals surface area contributed by atoms with Crippen LogP contribution in [0, 0.1) is 11.2 Å². The van der Waals surface area contributed by atoms with Gasteiger partial charge in [0.15, 0.2) is 0 Å². The molecule has 84 valence electrons. The summed E-state index contributed by atoms with van der Waals surface area (Å²) in [6.45, 7) is 6.17. The summed E-state index contributed by atoms with van der Waals surface area (Å²) >= 11 is 6.01. The second kappa shape index (κ2) is 4.50. The molecular formula is C12H17ClFN. The Labute approximate surface area is 95.4 Å². The summed E-state index contributed by atoms with van der Waals surface area (Å²) in [5.74, 6) is -0.295. The van der Waals surface area contributed by atoms with Crippen LogP contribution in [-0.2, 0) is 0 Å². The molecule has 0 fully saturated rings. The van der Waals surface area contributed by atoms with Crippen LogP contribution in [0.1, 0.15) is 38.8 Å². The van der Waals surface area contributed by atoms with Crippen molar-refractivity contribution in [3.8, 4) is 0 Å². The predicted molar refractivity (Wildman–Crippen MR) is 62.4 cm³/mol. The fourth-order valence-electron chi connectivity index (χ4n) is 1.39. The normalized spacial score (nSPS) is 14.0. The number of halogens is 2. The molecule has 1 unspecified atom stereocenters. The molecule has 0 bridgehead atoms. The predicted octanol–water partition coefficient (Wildman–Crippen LogP) is 3.92. The van der Waals surface area contributed by atoms with Crippen molar-refractivity contribution in [2.75, 3.05) is 0 Å². The Balaban J connectivity index is 3.10. The van der Waals surface area contributed by atoms with Gasteiger partial charge in [0.1, 0.15) is 5.82 Å². The molecule has 0 amide bonds. The maximum Gasteiger partial charge on any atom is 0.123 e. The Morgan fingerprint density at radius 1 is 1.47 bits per heavy atom. The first kappa shape index (κ1) is 12.5. The molecular weight excluding hydrogens is 213 g/mol. The molecule has 1 aromatic rings. The molecule has 0 saturated carbocycles. The number of nitrogens with two attached hydrogens (primary N) is 1. The second-order valence-electron chi connectivity index (χ2n) is 4.49. The summed E-state index contributed by atoms with van der Waals surface area (Å²) in [5, 5.41) is 0.533. The topological polar surface area (TPSA) is 26.0 Å². The highest BCUT2D eigenvalue weighted by Gasteiger charge is 2.27. The van der Waals surface area contributed by atoms with Gasteiger partial charge < -0.3 is 5.73 Å². The van der Waals surface area contributed by atoms with Gasteiger partial charge in [0.2, 0.25) is 0 Å². The van der Waals surface area contributed by atoms with Crippen LogP contribution < -0.4 is 5.73 Å². The van der Waals surface area contributed by atoms with E-state index in [0.29, 0.717) is 10.6 Å². The van der Waals surface area contributed by atoms with Gasteiger partial charge in [-0.3, -0.25) is 0 Å². The maximum absolute atomic E-state index is 13.1. The molecule has 0 radical (unpaired) electrons. The van der Waals surface area contributed by atoms with Crippen LogP contribution in [0.25, 0.3) is 0 Å². The third kappa shape index (κ3) is 2.70. The van der Waals surface area contributed by atoms with E-state index in [1.165, 1.54) is 12.1 Å². The van der Waals surface area contributed by atoms with Gasteiger partial charge in [-0.05, 0) is 35.6 Å². The maximum atomic E-state index is 13.1. The Morgan fingerprint density at radius 2 is 2.07 bits per heavy atom. The van der Waals surface area contributed by atoms with Crippen molar-refractivity contribution in [1.82, 2.24) is 0 Å². The standard InChI is InChI=1S/C12H17ClFN/c1-4-12(2,3)11(15)9-7-8(14)5-6-10(9)13/h5-7,11H,4,15H2,1-3H3. The summed E-state index contributed by atoms with van der Waals surface area (Å²) in [7, 11) is 0. The first-order chi connectivity index (χ1) is 6.88. The van der Waals surface area contributed by atoms with Crippen molar-refractivity contribution in [3.63, 3.8) is 0 Å². The second-order valence-corrected chi connectivity index (χ2v) is 4.89. The first-order valence-corrected chi connectivity index (χ1v) is 5.47. The summed E-state index contributed by atoms with van der Waals surface area (Å²) < 4.78 is 13.1. The monoisotopic (exact) mass is 229 g/mol. The fourth-order valence-corrected chi connectivity index (χ4v) is 1.63. The van der Waals surface area contributed by atoms with Crippen LogP contribution in [0.2, 0.25) is 5.02 Å². The number of rotatable bonds is 3. The van der Waals surface area contributed by atoms with Crippen LogP contribution in [0.5, 0.6) is 0 Å². The molecule has 0 aliphatic rings. The van der Waals surface area contributed by atoms with Gasteiger partial charge in [0, 0.05) is 11.1 Å². The van der Waals surface area contributed by atoms with E-state index in [1.807, 2.05) is 0 Å². The molecule has 0 aromatic heterocycles. The zero-order chi connectivity index (χ0) is 11.6. The minimum Gasteiger partial charge on any atom is -0.323 e. The van der Waals surface area contributed by atoms with Crippen molar-refractivity contribution in [3.05, 3.63) is 34.6 Å². The molecule has 0 heterocycles. The number of hydrogen-bond donors (Lipinski definition) is 1.